The van der Waals surface area contributed by atoms with Gasteiger partial charge in [0, 0.05) is 0 Å². The zero-order valence-corrected chi connectivity index (χ0v) is 6.45. The molecule has 0 spiro atoms. The topological polar surface area (TPSA) is 98.0 Å². The Hall–Kier alpha value is -2.05. The Morgan fingerprint density at radius 3 is 1.86 bits per heavy atom. The molecule has 14 heavy (non-hydrogen) atoms. The number of hydrogen-bond donors (Lipinski definition) is 4. The lowest BCUT2D eigenvalue weighted by atomic mass is 10.1. The van der Waals surface area contributed by atoms with Crippen molar-refractivity contribution in [3.63, 3.8) is 0 Å². The average molecular weight is 206 g/mol. The molecule has 0 aromatic heterocycles. The molecule has 0 fully saturated rings. The third-order valence-electron chi connectivity index (χ3n) is 1.52. The van der Waals surface area contributed by atoms with Crippen molar-refractivity contribution in [1.29, 1.82) is 0 Å². The summed E-state index contributed by atoms with van der Waals surface area (Å²) < 4.78 is 25.4. The minimum absolute atomic E-state index is 1.39. The Kier molecular flexibility index (Phi) is 2.16. The Morgan fingerprint density at radius 1 is 0.929 bits per heavy atom. The zero-order chi connectivity index (χ0) is 11.0. The number of hydrogen-bond acceptors (Lipinski definition) is 4. The number of carboxylic acid groups (broad SMARTS) is 1. The van der Waals surface area contributed by atoms with E-state index < -0.39 is 40.4 Å². The molecule has 0 heterocycles. The molecule has 0 aliphatic rings. The van der Waals surface area contributed by atoms with Gasteiger partial charge in [-0.1, -0.05) is 0 Å². The van der Waals surface area contributed by atoms with Crippen molar-refractivity contribution in [3.8, 4) is 17.2 Å². The van der Waals surface area contributed by atoms with Crippen LogP contribution < -0.4 is 0 Å². The van der Waals surface area contributed by atoms with E-state index in [-0.39, 0.29) is 0 Å². The molecule has 0 aliphatic carbocycles. The molecular weight excluding hydrogens is 202 g/mol. The summed E-state index contributed by atoms with van der Waals surface area (Å²) in [6.07, 6.45) is 0. The molecule has 5 nitrogen and oxygen atoms in total. The molecule has 0 saturated heterocycles. The van der Waals surface area contributed by atoms with Crippen LogP contribution in [0.1, 0.15) is 10.4 Å². The highest BCUT2D eigenvalue weighted by atomic mass is 19.1. The fourth-order valence-electron chi connectivity index (χ4n) is 0.848. The van der Waals surface area contributed by atoms with Crippen LogP contribution in [0.3, 0.4) is 0 Å². The summed E-state index contributed by atoms with van der Waals surface area (Å²) in [5.41, 5.74) is -1.39. The van der Waals surface area contributed by atoms with Gasteiger partial charge in [0.15, 0.2) is 23.1 Å². The highest BCUT2D eigenvalue weighted by molar-refractivity contribution is 5.92. The van der Waals surface area contributed by atoms with Crippen LogP contribution in [0.5, 0.6) is 17.2 Å². The number of carbonyl (C=O) groups is 1. The maximum absolute atomic E-state index is 12.8. The van der Waals surface area contributed by atoms with Crippen LogP contribution in [0.15, 0.2) is 0 Å². The van der Waals surface area contributed by atoms with Gasteiger partial charge in [0.25, 0.3) is 0 Å². The van der Waals surface area contributed by atoms with Crippen molar-refractivity contribution in [2.24, 2.45) is 0 Å². The summed E-state index contributed by atoms with van der Waals surface area (Å²) in [7, 11) is 0. The second kappa shape index (κ2) is 3.02. The van der Waals surface area contributed by atoms with Gasteiger partial charge >= 0.3 is 5.97 Å². The highest BCUT2D eigenvalue weighted by Crippen LogP contribution is 2.39. The van der Waals surface area contributed by atoms with E-state index >= 15 is 0 Å². The first-order valence-electron chi connectivity index (χ1n) is 3.23. The van der Waals surface area contributed by atoms with Crippen molar-refractivity contribution in [2.75, 3.05) is 0 Å². The van der Waals surface area contributed by atoms with E-state index in [9.17, 15) is 13.6 Å². The molecule has 1 rings (SSSR count). The molecule has 1 aromatic rings. The number of aromatic carboxylic acids is 1. The number of aromatic hydroxyl groups is 3. The Labute approximate surface area is 75.5 Å². The molecule has 0 saturated carbocycles. The zero-order valence-electron chi connectivity index (χ0n) is 6.45. The first kappa shape index (κ1) is 10.0. The quantitative estimate of drug-likeness (QED) is 0.402. The number of phenols is 3. The summed E-state index contributed by atoms with van der Waals surface area (Å²) in [4.78, 5) is 10.3. The van der Waals surface area contributed by atoms with Crippen LogP contribution in [-0.4, -0.2) is 26.4 Å². The predicted octanol–water partition coefficient (Wildman–Crippen LogP) is 0.780. The summed E-state index contributed by atoms with van der Waals surface area (Å²) in [6.45, 7) is 0. The Morgan fingerprint density at radius 2 is 1.43 bits per heavy atom. The van der Waals surface area contributed by atoms with Crippen LogP contribution in [0.2, 0.25) is 0 Å². The lowest BCUT2D eigenvalue weighted by Gasteiger charge is -2.06. The fraction of sp³-hybridized carbons (Fsp3) is 0. The number of benzene rings is 1. The van der Waals surface area contributed by atoms with E-state index in [0.29, 0.717) is 0 Å². The molecule has 0 aliphatic heterocycles. The largest absolute Gasteiger partial charge is 0.504 e. The second-order valence-corrected chi connectivity index (χ2v) is 2.35. The van der Waals surface area contributed by atoms with Gasteiger partial charge in [0.2, 0.25) is 5.82 Å². The Balaban J connectivity index is 3.68. The second-order valence-electron chi connectivity index (χ2n) is 2.35. The van der Waals surface area contributed by atoms with Crippen molar-refractivity contribution >= 4 is 5.97 Å². The summed E-state index contributed by atoms with van der Waals surface area (Å²) >= 11 is 0. The monoisotopic (exact) mass is 206 g/mol. The smallest absolute Gasteiger partial charge is 0.342 e. The average Bonchev–Trinajstić information content (AvgIpc) is 2.11. The van der Waals surface area contributed by atoms with Crippen LogP contribution >= 0.6 is 0 Å². The standard InChI is InChI=1S/C7H4F2O5/c8-2-1(7(13)14)4(10)6(12)3(9)5(2)11/h10-12H,(H,13,14). The van der Waals surface area contributed by atoms with Gasteiger partial charge in [-0.05, 0) is 0 Å². The number of carboxylic acids is 1. The molecule has 4 N–H and O–H groups in total. The lowest BCUT2D eigenvalue weighted by Crippen LogP contribution is -2.03. The van der Waals surface area contributed by atoms with Gasteiger partial charge < -0.3 is 20.4 Å². The molecule has 0 radical (unpaired) electrons. The summed E-state index contributed by atoms with van der Waals surface area (Å²) in [5, 5.41) is 34.6. The molecule has 0 bridgehead atoms. The molecule has 76 valence electrons. The van der Waals surface area contributed by atoms with Crippen LogP contribution in [0, 0.1) is 11.6 Å². The molecule has 1 aromatic carbocycles. The van der Waals surface area contributed by atoms with Crippen molar-refractivity contribution in [1.82, 2.24) is 0 Å². The molecule has 0 unspecified atom stereocenters. The van der Waals surface area contributed by atoms with Gasteiger partial charge in [-0.25, -0.2) is 9.18 Å². The summed E-state index contributed by atoms with van der Waals surface area (Å²) in [5.74, 6) is -10.2. The predicted molar refractivity (Wildman–Crippen MR) is 38.3 cm³/mol. The highest BCUT2D eigenvalue weighted by Gasteiger charge is 2.27. The minimum atomic E-state index is -1.94. The van der Waals surface area contributed by atoms with Crippen LogP contribution in [-0.2, 0) is 0 Å². The number of rotatable bonds is 1. The van der Waals surface area contributed by atoms with Crippen LogP contribution in [0.25, 0.3) is 0 Å². The van der Waals surface area contributed by atoms with Crippen LogP contribution in [0.4, 0.5) is 8.78 Å². The van der Waals surface area contributed by atoms with Crippen molar-refractivity contribution in [2.45, 2.75) is 0 Å². The van der Waals surface area contributed by atoms with E-state index in [2.05, 4.69) is 0 Å². The first-order chi connectivity index (χ1) is 6.37. The fourth-order valence-corrected chi connectivity index (χ4v) is 0.848. The van der Waals surface area contributed by atoms with E-state index in [0.717, 1.165) is 0 Å². The van der Waals surface area contributed by atoms with Gasteiger partial charge in [-0.2, -0.15) is 4.39 Å². The van der Waals surface area contributed by atoms with Gasteiger partial charge in [0.1, 0.15) is 5.56 Å². The SMILES string of the molecule is O=C(O)c1c(O)c(O)c(F)c(O)c1F. The van der Waals surface area contributed by atoms with E-state index in [4.69, 9.17) is 20.4 Å². The summed E-state index contributed by atoms with van der Waals surface area (Å²) in [6, 6.07) is 0. The van der Waals surface area contributed by atoms with E-state index in [1.165, 1.54) is 0 Å². The van der Waals surface area contributed by atoms with Gasteiger partial charge in [-0.15, -0.1) is 0 Å². The minimum Gasteiger partial charge on any atom is -0.504 e. The van der Waals surface area contributed by atoms with E-state index in [1.807, 2.05) is 0 Å². The first-order valence-corrected chi connectivity index (χ1v) is 3.23. The number of phenolic OH excluding ortho intramolecular Hbond substituents is 2. The molecule has 7 heteroatoms. The van der Waals surface area contributed by atoms with Crippen molar-refractivity contribution in [3.05, 3.63) is 17.2 Å². The van der Waals surface area contributed by atoms with Crippen molar-refractivity contribution < 1.29 is 34.0 Å². The normalized spacial score (nSPS) is 10.1. The van der Waals surface area contributed by atoms with Gasteiger partial charge in [-0.3, -0.25) is 0 Å². The van der Waals surface area contributed by atoms with E-state index in [1.54, 1.807) is 0 Å². The number of halogens is 2. The lowest BCUT2D eigenvalue weighted by molar-refractivity contribution is 0.0686. The third-order valence-corrected chi connectivity index (χ3v) is 1.52. The maximum atomic E-state index is 12.8. The molecule has 0 amide bonds. The van der Waals surface area contributed by atoms with Gasteiger partial charge in [0.05, 0.1) is 0 Å². The molecule has 0 atom stereocenters. The third kappa shape index (κ3) is 1.18. The Bertz CT molecular complexity index is 386. The molecular formula is C7H4F2O5. The maximum Gasteiger partial charge on any atom is 0.342 e.